The summed E-state index contributed by atoms with van der Waals surface area (Å²) in [4.78, 5) is 13.1. The van der Waals surface area contributed by atoms with E-state index in [2.05, 4.69) is 26.1 Å². The molecule has 1 amide bonds. The standard InChI is InChI=1S/C22H34N4O3S/c1-9-25(10-2)30(28,29)17-13-11-12-16(14-17)20(27)23-19-15-18(21(3,4)5)24-26(19)22(6,7)8/h11-15H,9-10H2,1-8H3,(H,23,27). The molecule has 0 bridgehead atoms. The molecule has 0 aliphatic rings. The molecule has 8 heteroatoms. The lowest BCUT2D eigenvalue weighted by Crippen LogP contribution is -2.31. The second-order valence-electron chi connectivity index (χ2n) is 9.32. The quantitative estimate of drug-likeness (QED) is 0.738. The van der Waals surface area contributed by atoms with Gasteiger partial charge in [-0.3, -0.25) is 4.79 Å². The maximum atomic E-state index is 13.0. The largest absolute Gasteiger partial charge is 0.307 e. The van der Waals surface area contributed by atoms with Crippen molar-refractivity contribution in [2.75, 3.05) is 18.4 Å². The summed E-state index contributed by atoms with van der Waals surface area (Å²) in [5.41, 5.74) is 0.640. The van der Waals surface area contributed by atoms with E-state index in [1.54, 1.807) is 30.7 Å². The van der Waals surface area contributed by atoms with Crippen LogP contribution in [0.2, 0.25) is 0 Å². The Morgan fingerprint density at radius 1 is 1.07 bits per heavy atom. The van der Waals surface area contributed by atoms with E-state index < -0.39 is 10.0 Å². The van der Waals surface area contributed by atoms with Crippen LogP contribution in [0.3, 0.4) is 0 Å². The van der Waals surface area contributed by atoms with E-state index in [0.717, 1.165) is 5.69 Å². The topological polar surface area (TPSA) is 84.3 Å². The van der Waals surface area contributed by atoms with Crippen LogP contribution in [-0.2, 0) is 21.0 Å². The summed E-state index contributed by atoms with van der Waals surface area (Å²) in [7, 11) is -3.64. The summed E-state index contributed by atoms with van der Waals surface area (Å²) >= 11 is 0. The van der Waals surface area contributed by atoms with Crippen molar-refractivity contribution in [2.45, 2.75) is 71.2 Å². The van der Waals surface area contributed by atoms with Gasteiger partial charge in [0.1, 0.15) is 5.82 Å². The fourth-order valence-corrected chi connectivity index (χ4v) is 4.55. The van der Waals surface area contributed by atoms with Crippen molar-refractivity contribution >= 4 is 21.7 Å². The Morgan fingerprint density at radius 2 is 1.67 bits per heavy atom. The number of carbonyl (C=O) groups is 1. The van der Waals surface area contributed by atoms with E-state index in [0.29, 0.717) is 18.9 Å². The van der Waals surface area contributed by atoms with Gasteiger partial charge in [-0.25, -0.2) is 13.1 Å². The van der Waals surface area contributed by atoms with Crippen LogP contribution >= 0.6 is 0 Å². The van der Waals surface area contributed by atoms with Gasteiger partial charge in [0.2, 0.25) is 10.0 Å². The van der Waals surface area contributed by atoms with Crippen LogP contribution < -0.4 is 5.32 Å². The molecule has 166 valence electrons. The Bertz CT molecular complexity index is 1010. The van der Waals surface area contributed by atoms with Crippen LogP contribution in [0.25, 0.3) is 0 Å². The van der Waals surface area contributed by atoms with Crippen molar-refractivity contribution < 1.29 is 13.2 Å². The molecule has 0 unspecified atom stereocenters. The van der Waals surface area contributed by atoms with Crippen LogP contribution in [-0.4, -0.2) is 41.5 Å². The molecule has 0 aliphatic heterocycles. The zero-order valence-corrected chi connectivity index (χ0v) is 20.1. The fourth-order valence-electron chi connectivity index (χ4n) is 3.05. The molecule has 30 heavy (non-hydrogen) atoms. The van der Waals surface area contributed by atoms with Crippen molar-refractivity contribution in [1.82, 2.24) is 14.1 Å². The molecule has 0 spiro atoms. The van der Waals surface area contributed by atoms with Crippen LogP contribution in [0.4, 0.5) is 5.82 Å². The molecular formula is C22H34N4O3S. The number of nitrogens with one attached hydrogen (secondary N) is 1. The lowest BCUT2D eigenvalue weighted by molar-refractivity contribution is 0.102. The summed E-state index contributed by atoms with van der Waals surface area (Å²) in [6.45, 7) is 16.6. The maximum absolute atomic E-state index is 13.0. The number of carbonyl (C=O) groups excluding carboxylic acids is 1. The highest BCUT2D eigenvalue weighted by atomic mass is 32.2. The maximum Gasteiger partial charge on any atom is 0.256 e. The summed E-state index contributed by atoms with van der Waals surface area (Å²) in [6.07, 6.45) is 0. The van der Waals surface area contributed by atoms with E-state index in [4.69, 9.17) is 5.10 Å². The number of rotatable bonds is 6. The van der Waals surface area contributed by atoms with Crippen molar-refractivity contribution in [2.24, 2.45) is 0 Å². The number of benzene rings is 1. The van der Waals surface area contributed by atoms with Gasteiger partial charge >= 0.3 is 0 Å². The number of aromatic nitrogens is 2. The molecule has 2 rings (SSSR count). The van der Waals surface area contributed by atoms with E-state index in [-0.39, 0.29) is 27.3 Å². The first-order valence-electron chi connectivity index (χ1n) is 10.2. The zero-order valence-electron chi connectivity index (χ0n) is 19.3. The number of anilines is 1. The Hall–Kier alpha value is -2.19. The van der Waals surface area contributed by atoms with Crippen molar-refractivity contribution in [3.63, 3.8) is 0 Å². The third kappa shape index (κ3) is 5.10. The monoisotopic (exact) mass is 434 g/mol. The van der Waals surface area contributed by atoms with Gasteiger partial charge in [0, 0.05) is 30.1 Å². The number of amides is 1. The van der Waals surface area contributed by atoms with Crippen molar-refractivity contribution in [3.8, 4) is 0 Å². The lowest BCUT2D eigenvalue weighted by atomic mass is 9.92. The molecule has 0 atom stereocenters. The Balaban J connectivity index is 2.41. The van der Waals surface area contributed by atoms with Gasteiger partial charge in [-0.2, -0.15) is 9.40 Å². The molecular weight excluding hydrogens is 400 g/mol. The highest BCUT2D eigenvalue weighted by Crippen LogP contribution is 2.28. The van der Waals surface area contributed by atoms with Crippen LogP contribution in [0.1, 0.15) is 71.4 Å². The van der Waals surface area contributed by atoms with Gasteiger partial charge in [-0.1, -0.05) is 40.7 Å². The lowest BCUT2D eigenvalue weighted by Gasteiger charge is -2.23. The third-order valence-electron chi connectivity index (χ3n) is 4.79. The smallest absolute Gasteiger partial charge is 0.256 e. The van der Waals surface area contributed by atoms with Crippen LogP contribution in [0.5, 0.6) is 0 Å². The number of hydrogen-bond acceptors (Lipinski definition) is 4. The molecule has 7 nitrogen and oxygen atoms in total. The molecule has 1 aromatic carbocycles. The Labute approximate surface area is 180 Å². The molecule has 0 saturated carbocycles. The van der Waals surface area contributed by atoms with Gasteiger partial charge in [0.15, 0.2) is 0 Å². The molecule has 0 radical (unpaired) electrons. The molecule has 0 fully saturated rings. The Kier molecular flexibility index (Phi) is 6.83. The summed E-state index contributed by atoms with van der Waals surface area (Å²) in [5.74, 6) is 0.201. The fraction of sp³-hybridized carbons (Fsp3) is 0.545. The predicted octanol–water partition coefficient (Wildman–Crippen LogP) is 4.22. The average Bonchev–Trinajstić information content (AvgIpc) is 3.07. The SMILES string of the molecule is CCN(CC)S(=O)(=O)c1cccc(C(=O)Nc2cc(C(C)(C)C)nn2C(C)(C)C)c1. The molecule has 0 saturated heterocycles. The minimum absolute atomic E-state index is 0.110. The van der Waals surface area contributed by atoms with Gasteiger partial charge in [-0.15, -0.1) is 0 Å². The van der Waals surface area contributed by atoms with Crippen LogP contribution in [0.15, 0.2) is 35.2 Å². The first-order chi connectivity index (χ1) is 13.7. The minimum atomic E-state index is -3.64. The normalized spacial score (nSPS) is 13.0. The summed E-state index contributed by atoms with van der Waals surface area (Å²) in [5, 5.41) is 7.62. The molecule has 1 aromatic heterocycles. The van der Waals surface area contributed by atoms with Crippen LogP contribution in [0, 0.1) is 0 Å². The van der Waals surface area contributed by atoms with Gasteiger partial charge in [0.25, 0.3) is 5.91 Å². The van der Waals surface area contributed by atoms with E-state index in [9.17, 15) is 13.2 Å². The molecule has 0 aliphatic carbocycles. The number of sulfonamides is 1. The zero-order chi connectivity index (χ0) is 22.9. The summed E-state index contributed by atoms with van der Waals surface area (Å²) < 4.78 is 28.8. The predicted molar refractivity (Wildman–Crippen MR) is 120 cm³/mol. The van der Waals surface area contributed by atoms with E-state index >= 15 is 0 Å². The van der Waals surface area contributed by atoms with Gasteiger partial charge < -0.3 is 5.32 Å². The van der Waals surface area contributed by atoms with Crippen molar-refractivity contribution in [3.05, 3.63) is 41.6 Å². The third-order valence-corrected chi connectivity index (χ3v) is 6.84. The van der Waals surface area contributed by atoms with Gasteiger partial charge in [-0.05, 0) is 39.0 Å². The number of hydrogen-bond donors (Lipinski definition) is 1. The highest BCUT2D eigenvalue weighted by molar-refractivity contribution is 7.89. The van der Waals surface area contributed by atoms with Crippen molar-refractivity contribution in [1.29, 1.82) is 0 Å². The number of nitrogens with zero attached hydrogens (tertiary/aromatic N) is 3. The molecule has 1 heterocycles. The average molecular weight is 435 g/mol. The minimum Gasteiger partial charge on any atom is -0.307 e. The second-order valence-corrected chi connectivity index (χ2v) is 11.3. The summed E-state index contributed by atoms with van der Waals surface area (Å²) in [6, 6.07) is 8.01. The Morgan fingerprint density at radius 3 is 2.17 bits per heavy atom. The van der Waals surface area contributed by atoms with Gasteiger partial charge in [0.05, 0.1) is 16.1 Å². The second kappa shape index (κ2) is 8.51. The molecule has 1 N–H and O–H groups in total. The highest BCUT2D eigenvalue weighted by Gasteiger charge is 2.27. The van der Waals surface area contributed by atoms with E-state index in [1.807, 2.05) is 26.8 Å². The van der Waals surface area contributed by atoms with E-state index in [1.165, 1.54) is 16.4 Å². The molecule has 2 aromatic rings. The first kappa shape index (κ1) is 24.1. The first-order valence-corrected chi connectivity index (χ1v) is 11.7.